The molecule has 1 radical (unpaired) electrons. The Kier molecular flexibility index (Phi) is 10.9. The number of ether oxygens (including phenoxy) is 1. The van der Waals surface area contributed by atoms with E-state index in [-0.39, 0.29) is 72.4 Å². The molecule has 0 aromatic carbocycles. The van der Waals surface area contributed by atoms with Crippen molar-refractivity contribution in [2.24, 2.45) is 5.92 Å². The van der Waals surface area contributed by atoms with Crippen LogP contribution in [0.5, 0.6) is 0 Å². The third-order valence-electron chi connectivity index (χ3n) is 3.12. The third kappa shape index (κ3) is 6.09. The Labute approximate surface area is 174 Å². The first-order valence-corrected chi connectivity index (χ1v) is 6.41. The molecule has 1 aromatic heterocycles. The van der Waals surface area contributed by atoms with E-state index in [9.17, 15) is 4.79 Å². The van der Waals surface area contributed by atoms with Gasteiger partial charge < -0.3 is 24.2 Å². The van der Waals surface area contributed by atoms with Crippen LogP contribution >= 0.6 is 0 Å². The Morgan fingerprint density at radius 3 is 3.14 bits per heavy atom. The minimum Gasteiger partial charge on any atom is -0.394 e. The maximum Gasteiger partial charge on any atom is 0.260 e. The van der Waals surface area contributed by atoms with Crippen LogP contribution in [0.4, 0.5) is 0 Å². The van der Waals surface area contributed by atoms with Gasteiger partial charge in [-0.05, 0) is 18.8 Å². The van der Waals surface area contributed by atoms with Gasteiger partial charge in [-0.3, -0.25) is 6.42 Å². The molecule has 2 rings (SSSR count). The molecule has 1 saturated heterocycles. The molecular formula is C15H22N2O3WY-2. The fourth-order valence-corrected chi connectivity index (χ4v) is 1.99. The molecular weight excluding hydrogens is 529 g/mol. The molecule has 1 N–H and O–H groups in total. The number of hydrogen-bond donors (Lipinski definition) is 1. The summed E-state index contributed by atoms with van der Waals surface area (Å²) in [6.45, 7) is 4.17. The summed E-state index contributed by atoms with van der Waals surface area (Å²) in [5.74, 6) is 0.107. The molecule has 22 heavy (non-hydrogen) atoms. The molecule has 1 unspecified atom stereocenters. The predicted molar refractivity (Wildman–Crippen MR) is 77.8 cm³/mol. The summed E-state index contributed by atoms with van der Waals surface area (Å²) in [5.41, 5.74) is 0.329. The summed E-state index contributed by atoms with van der Waals surface area (Å²) in [7, 11) is 1.25. The van der Waals surface area contributed by atoms with Crippen molar-refractivity contribution < 1.29 is 65.0 Å². The van der Waals surface area contributed by atoms with Gasteiger partial charge in [0.15, 0.2) is 0 Å². The molecule has 0 amide bonds. The largest absolute Gasteiger partial charge is 0.394 e. The van der Waals surface area contributed by atoms with Gasteiger partial charge in [-0.25, -0.2) is 0 Å². The Bertz CT molecular complexity index is 546. The fraction of sp³-hybridized carbons (Fsp3) is 0.533. The first-order chi connectivity index (χ1) is 10.7. The summed E-state index contributed by atoms with van der Waals surface area (Å²) < 4.78 is 19.7. The minimum absolute atomic E-state index is 0. The zero-order valence-electron chi connectivity index (χ0n) is 15.1. The Morgan fingerprint density at radius 1 is 1.77 bits per heavy atom. The molecule has 121 valence electrons. The summed E-state index contributed by atoms with van der Waals surface area (Å²) in [6.07, 6.45) is 10.3. The van der Waals surface area contributed by atoms with Gasteiger partial charge in [-0.1, -0.05) is 27.4 Å². The normalized spacial score (nSPS) is 24.4. The number of allylic oxidation sites excluding steroid dienone is 1. The number of nitrogens with zero attached hydrogens (tertiary/aromatic N) is 2. The van der Waals surface area contributed by atoms with Crippen molar-refractivity contribution in [2.75, 3.05) is 6.61 Å². The van der Waals surface area contributed by atoms with Crippen molar-refractivity contribution in [1.82, 2.24) is 9.55 Å². The van der Waals surface area contributed by atoms with E-state index in [2.05, 4.69) is 16.3 Å². The molecule has 1 aromatic rings. The van der Waals surface area contributed by atoms with E-state index < -0.39 is 11.9 Å². The number of aliphatic hydroxyl groups excluding tert-OH is 1. The predicted octanol–water partition coefficient (Wildman–Crippen LogP) is 1.83. The van der Waals surface area contributed by atoms with Crippen LogP contribution in [0.1, 0.15) is 40.8 Å². The summed E-state index contributed by atoms with van der Waals surface area (Å²) in [5, 5.41) is 4.37. The molecule has 1 aliphatic rings. The second-order valence-electron chi connectivity index (χ2n) is 4.59. The second kappa shape index (κ2) is 11.8. The average Bonchev–Trinajstić information content (AvgIpc) is 2.90. The zero-order chi connectivity index (χ0) is 16.5. The van der Waals surface area contributed by atoms with Crippen molar-refractivity contribution in [1.29, 1.82) is 1.43 Å². The first kappa shape index (κ1) is 20.4. The van der Waals surface area contributed by atoms with E-state index in [4.69, 9.17) is 7.54 Å². The molecule has 3 atom stereocenters. The van der Waals surface area contributed by atoms with Gasteiger partial charge >= 0.3 is 0 Å². The van der Waals surface area contributed by atoms with Crippen LogP contribution in [0.2, 0.25) is 0 Å². The molecule has 2 heterocycles. The van der Waals surface area contributed by atoms with Crippen molar-refractivity contribution in [3.63, 3.8) is 0 Å². The van der Waals surface area contributed by atoms with Crippen LogP contribution in [0.3, 0.4) is 0 Å². The van der Waals surface area contributed by atoms with E-state index in [0.717, 1.165) is 12.0 Å². The zero-order valence-corrected chi connectivity index (χ0v) is 18.8. The van der Waals surface area contributed by atoms with Crippen molar-refractivity contribution in [3.05, 3.63) is 40.9 Å². The monoisotopic (exact) mass is 554 g/mol. The quantitative estimate of drug-likeness (QED) is 0.565. The number of aromatic nitrogens is 2. The van der Waals surface area contributed by atoms with Gasteiger partial charge in [-0.2, -0.15) is 0 Å². The molecule has 7 heteroatoms. The maximum absolute atomic E-state index is 11.8. The summed E-state index contributed by atoms with van der Waals surface area (Å²) in [4.78, 5) is 15.6. The third-order valence-corrected chi connectivity index (χ3v) is 3.12. The molecule has 0 spiro atoms. The molecule has 1 fully saturated rings. The first-order valence-electron chi connectivity index (χ1n) is 7.82. The SMILES string of the molecule is [2H]OC[C@H]1O[C@@H](n2cc(/C=C/CC)[c-]nc2=O)[CH-]C1C.[3H]C.[W].[Y]. The number of hydrogen-bond acceptors (Lipinski definition) is 4. The van der Waals surface area contributed by atoms with Gasteiger partial charge in [0.25, 0.3) is 5.69 Å². The standard InChI is InChI=1S/C14H18N2O3.CH4.W.Y/c1-3-4-5-11-7-15-14(18)16(8-11)13-6-10(2)12(9-17)19-13;;;/h4-6,8,10,12-13,17H,3,9H2,1-2H3;1H4;;/q-2;;;/b5-4+;;;/t10?,12-,13-;;;/m1.../s1/i17D;1T;;. The van der Waals surface area contributed by atoms with E-state index >= 15 is 0 Å². The van der Waals surface area contributed by atoms with Crippen LogP contribution < -0.4 is 5.69 Å². The smallest absolute Gasteiger partial charge is 0.260 e. The van der Waals surface area contributed by atoms with Crippen molar-refractivity contribution >= 4 is 6.08 Å². The fourth-order valence-electron chi connectivity index (χ4n) is 1.99. The van der Waals surface area contributed by atoms with Crippen LogP contribution in [0.15, 0.2) is 17.1 Å². The Morgan fingerprint density at radius 2 is 2.50 bits per heavy atom. The summed E-state index contributed by atoms with van der Waals surface area (Å²) >= 11 is 0. The van der Waals surface area contributed by atoms with Gasteiger partial charge in [0.2, 0.25) is 1.43 Å². The maximum atomic E-state index is 11.8. The second-order valence-corrected chi connectivity index (χ2v) is 4.59. The van der Waals surface area contributed by atoms with Gasteiger partial charge in [0.1, 0.15) is 0 Å². The average molecular weight is 554 g/mol. The number of aliphatic hydroxyl groups is 1. The Hall–Kier alpha value is 0.332. The molecule has 0 bridgehead atoms. The van der Waals surface area contributed by atoms with Gasteiger partial charge in [-0.15, -0.1) is 23.6 Å². The van der Waals surface area contributed by atoms with E-state index in [1.54, 1.807) is 6.20 Å². The van der Waals surface area contributed by atoms with Crippen molar-refractivity contribution in [2.45, 2.75) is 40.0 Å². The Balaban J connectivity index is 0. The van der Waals surface area contributed by atoms with Crippen LogP contribution in [-0.4, -0.2) is 28.8 Å². The van der Waals surface area contributed by atoms with E-state index in [1.807, 2.05) is 32.4 Å². The molecule has 5 nitrogen and oxygen atoms in total. The van der Waals surface area contributed by atoms with E-state index in [0.29, 0.717) is 0 Å². The van der Waals surface area contributed by atoms with Crippen molar-refractivity contribution in [3.8, 4) is 0 Å². The van der Waals surface area contributed by atoms with Crippen LogP contribution in [0.25, 0.3) is 6.08 Å². The van der Waals surface area contributed by atoms with Crippen LogP contribution in [-0.2, 0) is 58.5 Å². The summed E-state index contributed by atoms with van der Waals surface area (Å²) in [6, 6.07) is 0. The topological polar surface area (TPSA) is 64.3 Å². The number of rotatable bonds is 5. The molecule has 0 saturated carbocycles. The van der Waals surface area contributed by atoms with Crippen LogP contribution in [0, 0.1) is 18.5 Å². The minimum atomic E-state index is -0.478. The molecule has 1 aliphatic heterocycles. The molecule has 0 aliphatic carbocycles. The van der Waals surface area contributed by atoms with E-state index in [1.165, 1.54) is 12.0 Å². The van der Waals surface area contributed by atoms with Gasteiger partial charge in [0, 0.05) is 55.1 Å². The van der Waals surface area contributed by atoms with Gasteiger partial charge in [0.05, 0.1) is 12.7 Å².